The number of phenolic OH excluding ortho intramolecular Hbond substituents is 2. The molecule has 2 aromatic heterocycles. The number of carboxylic acid groups (broad SMARTS) is 3. The van der Waals surface area contributed by atoms with Gasteiger partial charge in [-0.05, 0) is 109 Å². The number of nitrogens with zero attached hydrogens (tertiary/aromatic N) is 6. The second kappa shape index (κ2) is 39.5. The number of nitrogens with one attached hydrogen (secondary N) is 4. The number of aromatic amines is 1. The number of Topliss-reactive ketones (excluding diaryl/α,β-unsaturated/α-hetero) is 2. The average Bonchev–Trinajstić information content (AvgIpc) is 0.985. The zero-order valence-corrected chi connectivity index (χ0v) is 67.7. The van der Waals surface area contributed by atoms with Gasteiger partial charge in [0.1, 0.15) is 47.5 Å². The number of carbonyl (C=O) groups is 12. The Morgan fingerprint density at radius 3 is 2.13 bits per heavy atom. The number of aromatic hydroxyl groups is 2. The fraction of sp³-hybridized carbons (Fsp3) is 0.537. The second-order valence-corrected chi connectivity index (χ2v) is 31.3. The van der Waals surface area contributed by atoms with Crippen molar-refractivity contribution < 1.29 is 126 Å². The smallest absolute Gasteiger partial charge is 0.327 e. The number of anilines is 2. The van der Waals surface area contributed by atoms with Crippen LogP contribution in [0.3, 0.4) is 0 Å². The van der Waals surface area contributed by atoms with E-state index in [2.05, 4.69) is 40.9 Å². The molecule has 0 spiro atoms. The van der Waals surface area contributed by atoms with Crippen LogP contribution < -0.4 is 27.2 Å². The predicted molar refractivity (Wildman–Crippen MR) is 421 cm³/mol. The van der Waals surface area contributed by atoms with Gasteiger partial charge in [-0.1, -0.05) is 26.0 Å². The zero-order chi connectivity index (χ0) is 86.8. The van der Waals surface area contributed by atoms with Gasteiger partial charge in [-0.25, -0.2) is 19.6 Å². The molecule has 17 atom stereocenters. The number of imide groups is 1. The van der Waals surface area contributed by atoms with E-state index in [4.69, 9.17) is 38.9 Å². The maximum atomic E-state index is 14.0. The van der Waals surface area contributed by atoms with Crippen molar-refractivity contribution in [2.45, 2.75) is 228 Å². The fourth-order valence-electron chi connectivity index (χ4n) is 15.3. The molecule has 6 heterocycles. The lowest BCUT2D eigenvalue weighted by molar-refractivity contribution is -0.324. The number of amides is 4. The van der Waals surface area contributed by atoms with Crippen molar-refractivity contribution >= 4 is 111 Å². The lowest BCUT2D eigenvalue weighted by Crippen LogP contribution is -2.58. The summed E-state index contributed by atoms with van der Waals surface area (Å²) in [5.74, 6) is -13.4. The summed E-state index contributed by atoms with van der Waals surface area (Å²) in [5, 5.41) is 81.9. The van der Waals surface area contributed by atoms with Crippen molar-refractivity contribution in [1.29, 1.82) is 0 Å². The number of likely N-dealkylation sites (tertiary alicyclic amines) is 1. The molecule has 2 aliphatic carbocycles. The molecule has 5 aromatic rings. The number of thioether (sulfide) groups is 1. The van der Waals surface area contributed by atoms with Crippen molar-refractivity contribution in [3.63, 3.8) is 0 Å². The highest BCUT2D eigenvalue weighted by molar-refractivity contribution is 8.00. The van der Waals surface area contributed by atoms with Gasteiger partial charge >= 0.3 is 23.9 Å². The molecule has 13 N–H and O–H groups in total. The second-order valence-electron chi connectivity index (χ2n) is 30.1. The average molecular weight is 1680 g/mol. The summed E-state index contributed by atoms with van der Waals surface area (Å²) in [7, 11) is 4.93. The quantitative estimate of drug-likeness (QED) is 0.0206. The number of aliphatic imine (C=N–C) groups is 1. The van der Waals surface area contributed by atoms with Crippen LogP contribution in [-0.2, 0) is 82.9 Å². The first-order valence-electron chi connectivity index (χ1n) is 39.0. The number of ketones is 4. The third kappa shape index (κ3) is 21.3. The minimum atomic E-state index is -1.76. The number of aliphatic hydroxyl groups is 2. The minimum absolute atomic E-state index is 0.00575. The van der Waals surface area contributed by atoms with Crippen molar-refractivity contribution in [2.75, 3.05) is 51.1 Å². The summed E-state index contributed by atoms with van der Waals surface area (Å²) in [5.41, 5.74) is 4.44. The van der Waals surface area contributed by atoms with Crippen LogP contribution >= 0.6 is 11.8 Å². The standard InChI is InChI=1S/C46H60N2O15.C34H39N9O12S/c1-9-24(49)20-47-28-14-15-33(58-21(28)3)62-44-23(5)60-35(18-31(44)51)63-43-22(4)59-34(17-29(43)48(6)7)61-32-19-46(56,10-2)39(45(55)57-8)26-16-27-38(42(54)37(26)32)41(53)36-25(40(27)52)12-11-13-30(36)50;1-2-43-25(46)12-23(30(43)49)56-15-22(33(54)55)39-24(45)10-5-17(31(50)51)11-20(44)8-9-21(32(52)53)40-28(47)16-3-6-18(7-4-16)36-13-19-14-37-27-26(38-19)29(48)42-34(35)41-27/h11-13,16,21-23,29,31-35,39,43-44,50-51,54,56H,9-10,14-15,17-20H2,1-8H3;3-4,6-7,14,17,21-23,36H,2,5,8-13,15H2,1H3,(H,39,45)(H,40,47)(H,50,51)(H,52,53)(H,54,55)(H3,35,37,41,42,48)/t21?,22?,23?,29-,31-,32+,33?,34+,35+,39+,43-,44-,46-;/m1./s1. The Bertz CT molecular complexity index is 4780. The van der Waals surface area contributed by atoms with Crippen LogP contribution in [0.1, 0.15) is 196 Å². The number of methoxy groups -OCH3 is 1. The molecular formula is C80H99N11O27S. The SMILES string of the molecule is CCC(=O)CN=C1CCC(O[C@@H]2C(C)O[C@@H](O[C@@H]3C(C)O[C@@H](O[C@H]4C[C@](O)(CC)[C@H](C(=O)OC)c5cc6c(c(O)c54)C(=O)c4c(O)cccc4C6=O)C[C@H]3N(C)C)C[C@H]2O)OC1C.CCN1C(=O)CC(SCC(NC(=O)CCC(CC(=O)CCC(NC(=O)c2ccc(NCc3cnc4nc(N)[nH]c(=O)c4n3)cc2)C(=O)O)C(=O)O)C(=O)O)C1=O. The van der Waals surface area contributed by atoms with E-state index >= 15 is 0 Å². The van der Waals surface area contributed by atoms with E-state index in [1.54, 1.807) is 39.8 Å². The number of rotatable bonds is 33. The molecule has 0 bridgehead atoms. The molecule has 38 nitrogen and oxygen atoms in total. The molecule has 4 amide bonds. The molecule has 4 fully saturated rings. The van der Waals surface area contributed by atoms with Gasteiger partial charge in [-0.3, -0.25) is 67.6 Å². The molecule has 4 aliphatic heterocycles. The number of carboxylic acids is 3. The molecule has 8 unspecified atom stereocenters. The number of esters is 1. The number of aliphatic hydroxyl groups excluding tert-OH is 1. The molecule has 11 rings (SSSR count). The normalized spacial score (nSPS) is 25.8. The first-order chi connectivity index (χ1) is 56.5. The van der Waals surface area contributed by atoms with Crippen LogP contribution in [0, 0.1) is 5.92 Å². The van der Waals surface area contributed by atoms with Crippen LogP contribution in [0.2, 0.25) is 0 Å². The Morgan fingerprint density at radius 2 is 1.50 bits per heavy atom. The van der Waals surface area contributed by atoms with E-state index < -0.39 is 186 Å². The Kier molecular flexibility index (Phi) is 30.1. The number of H-pyrrole nitrogens is 1. The van der Waals surface area contributed by atoms with E-state index in [0.717, 1.165) is 22.4 Å². The first kappa shape index (κ1) is 90.7. The van der Waals surface area contributed by atoms with E-state index in [1.165, 1.54) is 49.7 Å². The Hall–Kier alpha value is -10.6. The summed E-state index contributed by atoms with van der Waals surface area (Å²) in [4.78, 5) is 185. The van der Waals surface area contributed by atoms with Gasteiger partial charge in [0.05, 0.1) is 90.5 Å². The minimum Gasteiger partial charge on any atom is -0.507 e. The van der Waals surface area contributed by atoms with Crippen molar-refractivity contribution in [3.05, 3.63) is 110 Å². The number of aliphatic carboxylic acids is 3. The number of carbonyl (C=O) groups excluding carboxylic acids is 9. The lowest BCUT2D eigenvalue weighted by atomic mass is 9.67. The third-order valence-corrected chi connectivity index (χ3v) is 23.2. The number of aromatic nitrogens is 4. The number of hydrogen-bond donors (Lipinski definition) is 12. The maximum absolute atomic E-state index is 14.0. The number of hydrogen-bond acceptors (Lipinski definition) is 32. The Balaban J connectivity index is 0.000000252. The van der Waals surface area contributed by atoms with Crippen LogP contribution in [0.4, 0.5) is 11.6 Å². The van der Waals surface area contributed by atoms with Crippen LogP contribution in [-0.4, -0.2) is 266 Å². The van der Waals surface area contributed by atoms with Crippen LogP contribution in [0.5, 0.6) is 11.5 Å². The van der Waals surface area contributed by atoms with E-state index in [-0.39, 0.29) is 150 Å². The molecule has 39 heteroatoms. The zero-order valence-electron chi connectivity index (χ0n) is 66.9. The Labute approximate surface area is 686 Å². The highest BCUT2D eigenvalue weighted by atomic mass is 32.2. The number of ether oxygens (including phenoxy) is 7. The molecule has 3 aromatic carbocycles. The third-order valence-electron chi connectivity index (χ3n) is 21.9. The van der Waals surface area contributed by atoms with E-state index in [0.29, 0.717) is 30.6 Å². The molecule has 6 aliphatic rings. The molecule has 4 saturated heterocycles. The van der Waals surface area contributed by atoms with Gasteiger partial charge in [-0.2, -0.15) is 4.98 Å². The highest BCUT2D eigenvalue weighted by Crippen LogP contribution is 2.54. The van der Waals surface area contributed by atoms with E-state index in [1.807, 2.05) is 32.8 Å². The van der Waals surface area contributed by atoms with Crippen LogP contribution in [0.15, 0.2) is 64.5 Å². The summed E-state index contributed by atoms with van der Waals surface area (Å²) < 4.78 is 43.4. The number of benzene rings is 3. The summed E-state index contributed by atoms with van der Waals surface area (Å²) in [6, 6.07) is 8.13. The van der Waals surface area contributed by atoms with Crippen molar-refractivity contribution in [2.24, 2.45) is 10.9 Å². The molecule has 0 radical (unpaired) electrons. The topological polar surface area (TPSA) is 564 Å². The van der Waals surface area contributed by atoms with Crippen LogP contribution in [0.25, 0.3) is 11.2 Å². The first-order valence-corrected chi connectivity index (χ1v) is 40.1. The number of likely N-dealkylation sites (N-methyl/N-ethyl adjacent to an activating group) is 1. The van der Waals surface area contributed by atoms with E-state index in [9.17, 15) is 98.1 Å². The molecule has 642 valence electrons. The fourth-order valence-corrected chi connectivity index (χ4v) is 16.5. The largest absolute Gasteiger partial charge is 0.507 e. The van der Waals surface area contributed by atoms with Crippen molar-refractivity contribution in [1.82, 2.24) is 40.4 Å². The summed E-state index contributed by atoms with van der Waals surface area (Å²) in [6.07, 6.45) is -6.28. The number of nitrogen functional groups attached to an aromatic ring is 1. The summed E-state index contributed by atoms with van der Waals surface area (Å²) in [6.45, 7) is 11.1. The number of nitrogens with two attached hydrogens (primary N) is 1. The van der Waals surface area contributed by atoms with Gasteiger partial charge in [0.15, 0.2) is 41.6 Å². The highest BCUT2D eigenvalue weighted by Gasteiger charge is 2.54. The number of phenols is 2. The lowest BCUT2D eigenvalue weighted by Gasteiger charge is -2.48. The maximum Gasteiger partial charge on any atom is 0.327 e. The predicted octanol–water partition coefficient (Wildman–Crippen LogP) is 3.77. The summed E-state index contributed by atoms with van der Waals surface area (Å²) >= 11 is 0.912. The van der Waals surface area contributed by atoms with Gasteiger partial charge < -0.3 is 95.5 Å². The van der Waals surface area contributed by atoms with Gasteiger partial charge in [0, 0.05) is 110 Å². The number of fused-ring (bicyclic) bond motifs is 4. The van der Waals surface area contributed by atoms with Gasteiger partial charge in [0.2, 0.25) is 29.5 Å². The molecule has 0 saturated carbocycles. The Morgan fingerprint density at radius 1 is 0.807 bits per heavy atom. The monoisotopic (exact) mass is 1680 g/mol. The van der Waals surface area contributed by atoms with Gasteiger partial charge in [-0.15, -0.1) is 11.8 Å². The van der Waals surface area contributed by atoms with Crippen molar-refractivity contribution in [3.8, 4) is 11.5 Å². The molecule has 119 heavy (non-hydrogen) atoms. The van der Waals surface area contributed by atoms with Gasteiger partial charge in [0.25, 0.3) is 11.5 Å². The molecular weight excluding hydrogens is 1580 g/mol.